The van der Waals surface area contributed by atoms with Crippen LogP contribution in [0.15, 0.2) is 42.5 Å². The average Bonchev–Trinajstić information content (AvgIpc) is 2.38. The molecular weight excluding hydrogens is 210 g/mol. The second-order valence-electron chi connectivity index (χ2n) is 3.72. The Morgan fingerprint density at radius 2 is 1.94 bits per heavy atom. The summed E-state index contributed by atoms with van der Waals surface area (Å²) in [4.78, 5) is 4.24. The molecule has 0 saturated heterocycles. The van der Waals surface area contributed by atoms with Crippen LogP contribution in [0.25, 0.3) is 0 Å². The number of ether oxygens (including phenoxy) is 1. The first kappa shape index (κ1) is 11.2. The van der Waals surface area contributed by atoms with Crippen molar-refractivity contribution in [2.75, 3.05) is 0 Å². The van der Waals surface area contributed by atoms with E-state index < -0.39 is 0 Å². The van der Waals surface area contributed by atoms with Crippen molar-refractivity contribution in [1.82, 2.24) is 4.98 Å². The van der Waals surface area contributed by atoms with Crippen molar-refractivity contribution in [3.63, 3.8) is 0 Å². The van der Waals surface area contributed by atoms with Crippen LogP contribution in [-0.2, 0) is 6.61 Å². The Balaban J connectivity index is 2.12. The second kappa shape index (κ2) is 5.18. The molecule has 0 amide bonds. The summed E-state index contributed by atoms with van der Waals surface area (Å²) >= 11 is 0. The summed E-state index contributed by atoms with van der Waals surface area (Å²) < 4.78 is 5.66. The Labute approximate surface area is 101 Å². The van der Waals surface area contributed by atoms with Gasteiger partial charge in [0.05, 0.1) is 0 Å². The molecule has 0 bridgehead atoms. The Hall–Kier alpha value is -2.27. The number of aromatic nitrogens is 1. The van der Waals surface area contributed by atoms with E-state index in [2.05, 4.69) is 10.9 Å². The minimum absolute atomic E-state index is 0.500. The number of pyridine rings is 1. The van der Waals surface area contributed by atoms with Crippen LogP contribution in [0.5, 0.6) is 5.75 Å². The zero-order valence-corrected chi connectivity index (χ0v) is 9.68. The topological polar surface area (TPSA) is 22.1 Å². The monoisotopic (exact) mass is 223 g/mol. The van der Waals surface area contributed by atoms with E-state index in [4.69, 9.17) is 11.2 Å². The van der Waals surface area contributed by atoms with Crippen LogP contribution in [0.4, 0.5) is 0 Å². The lowest BCUT2D eigenvalue weighted by molar-refractivity contribution is 0.304. The van der Waals surface area contributed by atoms with Crippen molar-refractivity contribution in [2.24, 2.45) is 0 Å². The predicted molar refractivity (Wildman–Crippen MR) is 67.7 cm³/mol. The molecule has 2 heteroatoms. The molecule has 0 atom stereocenters. The lowest BCUT2D eigenvalue weighted by Gasteiger charge is -2.08. The molecule has 0 spiro atoms. The van der Waals surface area contributed by atoms with E-state index in [1.54, 1.807) is 0 Å². The number of nitrogens with zero attached hydrogens (tertiary/aromatic N) is 1. The number of aryl methyl sites for hydroxylation is 1. The largest absolute Gasteiger partial charge is 0.486 e. The molecule has 0 fully saturated rings. The fourth-order valence-electron chi connectivity index (χ4n) is 1.50. The molecule has 2 aromatic rings. The fourth-order valence-corrected chi connectivity index (χ4v) is 1.50. The van der Waals surface area contributed by atoms with Gasteiger partial charge in [-0.1, -0.05) is 30.3 Å². The number of rotatable bonds is 3. The van der Waals surface area contributed by atoms with E-state index in [9.17, 15) is 0 Å². The van der Waals surface area contributed by atoms with Gasteiger partial charge < -0.3 is 4.74 Å². The highest BCUT2D eigenvalue weighted by Crippen LogP contribution is 2.17. The van der Waals surface area contributed by atoms with Gasteiger partial charge in [-0.2, -0.15) is 0 Å². The van der Waals surface area contributed by atoms with Crippen molar-refractivity contribution in [3.8, 4) is 18.1 Å². The molecule has 2 nitrogen and oxygen atoms in total. The first-order valence-corrected chi connectivity index (χ1v) is 5.40. The number of terminal acetylenes is 1. The van der Waals surface area contributed by atoms with Gasteiger partial charge in [-0.3, -0.25) is 0 Å². The summed E-state index contributed by atoms with van der Waals surface area (Å²) in [5.74, 6) is 3.19. The van der Waals surface area contributed by atoms with Crippen molar-refractivity contribution in [2.45, 2.75) is 13.5 Å². The molecule has 0 radical (unpaired) electrons. The maximum Gasteiger partial charge on any atom is 0.155 e. The van der Waals surface area contributed by atoms with E-state index in [1.165, 1.54) is 0 Å². The molecule has 0 N–H and O–H groups in total. The fraction of sp³-hybridized carbons (Fsp3) is 0.133. The molecule has 1 heterocycles. The number of hydrogen-bond donors (Lipinski definition) is 0. The zero-order valence-electron chi connectivity index (χ0n) is 9.68. The van der Waals surface area contributed by atoms with Gasteiger partial charge in [0.15, 0.2) is 11.4 Å². The number of hydrogen-bond acceptors (Lipinski definition) is 2. The zero-order chi connectivity index (χ0) is 12.1. The van der Waals surface area contributed by atoms with Crippen molar-refractivity contribution in [3.05, 3.63) is 59.4 Å². The van der Waals surface area contributed by atoms with Gasteiger partial charge in [0.1, 0.15) is 6.61 Å². The van der Waals surface area contributed by atoms with Crippen LogP contribution in [-0.4, -0.2) is 4.98 Å². The summed E-state index contributed by atoms with van der Waals surface area (Å²) in [5.41, 5.74) is 2.56. The second-order valence-corrected chi connectivity index (χ2v) is 3.72. The summed E-state index contributed by atoms with van der Waals surface area (Å²) in [6.45, 7) is 2.40. The van der Waals surface area contributed by atoms with Gasteiger partial charge in [0, 0.05) is 5.69 Å². The highest BCUT2D eigenvalue weighted by Gasteiger charge is 2.03. The maximum atomic E-state index is 5.66. The predicted octanol–water partition coefficient (Wildman–Crippen LogP) is 2.95. The Morgan fingerprint density at radius 1 is 1.18 bits per heavy atom. The van der Waals surface area contributed by atoms with Gasteiger partial charge in [0.25, 0.3) is 0 Å². The summed E-state index contributed by atoms with van der Waals surface area (Å²) in [6, 6.07) is 13.7. The average molecular weight is 223 g/mol. The maximum absolute atomic E-state index is 5.66. The Kier molecular flexibility index (Phi) is 3.42. The van der Waals surface area contributed by atoms with E-state index >= 15 is 0 Å². The smallest absolute Gasteiger partial charge is 0.155 e. The summed E-state index contributed by atoms with van der Waals surface area (Å²) in [5, 5.41) is 0. The molecule has 0 unspecified atom stereocenters. The van der Waals surface area contributed by atoms with Gasteiger partial charge in [-0.05, 0) is 30.5 Å². The summed E-state index contributed by atoms with van der Waals surface area (Å²) in [6.07, 6.45) is 5.40. The van der Waals surface area contributed by atoms with Gasteiger partial charge in [-0.15, -0.1) is 6.42 Å². The highest BCUT2D eigenvalue weighted by atomic mass is 16.5. The molecule has 1 aromatic heterocycles. The minimum Gasteiger partial charge on any atom is -0.486 e. The van der Waals surface area contributed by atoms with Gasteiger partial charge >= 0.3 is 0 Å². The van der Waals surface area contributed by atoms with Crippen LogP contribution >= 0.6 is 0 Å². The lowest BCUT2D eigenvalue weighted by Crippen LogP contribution is -1.99. The Morgan fingerprint density at radius 3 is 2.65 bits per heavy atom. The normalized spacial score (nSPS) is 9.65. The quantitative estimate of drug-likeness (QED) is 0.746. The van der Waals surface area contributed by atoms with Crippen molar-refractivity contribution in [1.29, 1.82) is 0 Å². The summed E-state index contributed by atoms with van der Waals surface area (Å²) in [7, 11) is 0. The third-order valence-corrected chi connectivity index (χ3v) is 2.37. The molecule has 0 saturated carbocycles. The van der Waals surface area contributed by atoms with E-state index in [-0.39, 0.29) is 0 Å². The number of benzene rings is 1. The SMILES string of the molecule is C#Cc1nc(C)ccc1OCc1ccccc1. The van der Waals surface area contributed by atoms with Gasteiger partial charge in [0.2, 0.25) is 0 Å². The van der Waals surface area contributed by atoms with Crippen LogP contribution in [0, 0.1) is 19.3 Å². The third-order valence-electron chi connectivity index (χ3n) is 2.37. The molecule has 0 aliphatic rings. The Bertz CT molecular complexity index is 541. The van der Waals surface area contributed by atoms with Crippen molar-refractivity contribution >= 4 is 0 Å². The van der Waals surface area contributed by atoms with Crippen LogP contribution in [0.2, 0.25) is 0 Å². The first-order valence-electron chi connectivity index (χ1n) is 5.40. The van der Waals surface area contributed by atoms with E-state index in [0.717, 1.165) is 11.3 Å². The molecule has 17 heavy (non-hydrogen) atoms. The van der Waals surface area contributed by atoms with E-state index in [0.29, 0.717) is 18.1 Å². The first-order chi connectivity index (χ1) is 8.29. The lowest BCUT2D eigenvalue weighted by atomic mass is 10.2. The van der Waals surface area contributed by atoms with Crippen LogP contribution in [0.1, 0.15) is 17.0 Å². The molecule has 2 rings (SSSR count). The third kappa shape index (κ3) is 2.85. The minimum atomic E-state index is 0.500. The molecule has 1 aromatic carbocycles. The molecule has 0 aliphatic carbocycles. The standard InChI is InChI=1S/C15H13NO/c1-3-14-15(10-9-12(2)16-14)17-11-13-7-5-4-6-8-13/h1,4-10H,11H2,2H3. The molecule has 0 aliphatic heterocycles. The van der Waals surface area contributed by atoms with Crippen molar-refractivity contribution < 1.29 is 4.74 Å². The van der Waals surface area contributed by atoms with Crippen LogP contribution in [0.3, 0.4) is 0 Å². The highest BCUT2D eigenvalue weighted by molar-refractivity contribution is 5.40. The molecular formula is C15H13NO. The molecule has 84 valence electrons. The van der Waals surface area contributed by atoms with Crippen LogP contribution < -0.4 is 4.74 Å². The van der Waals surface area contributed by atoms with Gasteiger partial charge in [-0.25, -0.2) is 4.98 Å². The van der Waals surface area contributed by atoms with E-state index in [1.807, 2.05) is 49.4 Å².